The lowest BCUT2D eigenvalue weighted by Gasteiger charge is -2.11. The first kappa shape index (κ1) is 18.3. The molecule has 0 fully saturated rings. The highest BCUT2D eigenvalue weighted by Crippen LogP contribution is 2.20. The highest BCUT2D eigenvalue weighted by atomic mass is 16.5. The third kappa shape index (κ3) is 6.18. The van der Waals surface area contributed by atoms with Crippen molar-refractivity contribution in [1.29, 1.82) is 0 Å². The second kappa shape index (κ2) is 8.73. The Balaban J connectivity index is 1.89. The molecule has 2 N–H and O–H groups in total. The summed E-state index contributed by atoms with van der Waals surface area (Å²) < 4.78 is 10.6. The van der Waals surface area contributed by atoms with Gasteiger partial charge in [-0.2, -0.15) is 0 Å². The summed E-state index contributed by atoms with van der Waals surface area (Å²) in [4.78, 5) is 22.5. The fourth-order valence-corrected chi connectivity index (χ4v) is 2.12. The van der Waals surface area contributed by atoms with Gasteiger partial charge in [0.15, 0.2) is 13.2 Å². The Bertz CT molecular complexity index is 742. The molecule has 0 saturated carbocycles. The highest BCUT2D eigenvalue weighted by molar-refractivity contribution is 5.92. The smallest absolute Gasteiger partial charge is 0.341 e. The van der Waals surface area contributed by atoms with Crippen molar-refractivity contribution < 1.29 is 24.2 Å². The largest absolute Gasteiger partial charge is 0.484 e. The molecule has 0 heterocycles. The summed E-state index contributed by atoms with van der Waals surface area (Å²) in [5, 5.41) is 11.3. The van der Waals surface area contributed by atoms with Crippen molar-refractivity contribution in [3.63, 3.8) is 0 Å². The number of carboxylic acid groups (broad SMARTS) is 1. The van der Waals surface area contributed by atoms with E-state index in [2.05, 4.69) is 19.2 Å². The van der Waals surface area contributed by atoms with Crippen LogP contribution in [-0.4, -0.2) is 30.2 Å². The topological polar surface area (TPSA) is 84.9 Å². The predicted molar refractivity (Wildman–Crippen MR) is 94.2 cm³/mol. The van der Waals surface area contributed by atoms with Crippen molar-refractivity contribution in [1.82, 2.24) is 0 Å². The van der Waals surface area contributed by atoms with Crippen LogP contribution in [0.2, 0.25) is 0 Å². The van der Waals surface area contributed by atoms with E-state index in [-0.39, 0.29) is 12.5 Å². The number of nitrogens with one attached hydrogen (secondary N) is 1. The van der Waals surface area contributed by atoms with Crippen LogP contribution < -0.4 is 14.8 Å². The number of carbonyl (C=O) groups excluding carboxylic acids is 1. The number of hydrogen-bond donors (Lipinski definition) is 2. The van der Waals surface area contributed by atoms with E-state index < -0.39 is 12.6 Å². The quantitative estimate of drug-likeness (QED) is 0.768. The van der Waals surface area contributed by atoms with Crippen LogP contribution in [0.1, 0.15) is 25.3 Å². The van der Waals surface area contributed by atoms with E-state index in [0.717, 1.165) is 5.56 Å². The van der Waals surface area contributed by atoms with E-state index in [1.807, 2.05) is 18.2 Å². The fourth-order valence-electron chi connectivity index (χ4n) is 2.12. The van der Waals surface area contributed by atoms with E-state index in [1.165, 1.54) is 0 Å². The molecule has 0 bridgehead atoms. The maximum Gasteiger partial charge on any atom is 0.341 e. The number of ether oxygens (including phenoxy) is 2. The van der Waals surface area contributed by atoms with Gasteiger partial charge in [0.05, 0.1) is 0 Å². The number of benzene rings is 2. The van der Waals surface area contributed by atoms with Gasteiger partial charge in [0.2, 0.25) is 0 Å². The Kier molecular flexibility index (Phi) is 6.39. The minimum atomic E-state index is -1.06. The van der Waals surface area contributed by atoms with Crippen molar-refractivity contribution in [3.8, 4) is 11.5 Å². The Hall–Kier alpha value is -3.02. The number of carboxylic acids is 1. The zero-order chi connectivity index (χ0) is 18.2. The second-order valence-corrected chi connectivity index (χ2v) is 5.77. The van der Waals surface area contributed by atoms with Crippen LogP contribution in [0.25, 0.3) is 0 Å². The molecule has 0 radical (unpaired) electrons. The molecule has 2 rings (SSSR count). The molecule has 0 atom stereocenters. The van der Waals surface area contributed by atoms with Gasteiger partial charge in [0, 0.05) is 11.8 Å². The molecular weight excluding hydrogens is 322 g/mol. The van der Waals surface area contributed by atoms with Gasteiger partial charge in [-0.1, -0.05) is 32.0 Å². The van der Waals surface area contributed by atoms with Crippen molar-refractivity contribution in [2.45, 2.75) is 19.8 Å². The lowest BCUT2D eigenvalue weighted by atomic mass is 10.0. The first-order valence-corrected chi connectivity index (χ1v) is 7.91. The van der Waals surface area contributed by atoms with Gasteiger partial charge in [-0.05, 0) is 35.7 Å². The van der Waals surface area contributed by atoms with Gasteiger partial charge in [-0.25, -0.2) is 4.79 Å². The summed E-state index contributed by atoms with van der Waals surface area (Å²) in [5.74, 6) is 0.00775. The van der Waals surface area contributed by atoms with Crippen molar-refractivity contribution in [2.24, 2.45) is 0 Å². The molecule has 0 spiro atoms. The van der Waals surface area contributed by atoms with Crippen LogP contribution in [0, 0.1) is 0 Å². The van der Waals surface area contributed by atoms with Gasteiger partial charge >= 0.3 is 5.97 Å². The Morgan fingerprint density at radius 3 is 2.32 bits per heavy atom. The molecule has 6 nitrogen and oxygen atoms in total. The summed E-state index contributed by atoms with van der Waals surface area (Å²) in [6.45, 7) is 3.62. The minimum Gasteiger partial charge on any atom is -0.484 e. The number of amides is 1. The number of anilines is 1. The molecule has 132 valence electrons. The van der Waals surface area contributed by atoms with Gasteiger partial charge in [0.25, 0.3) is 5.91 Å². The van der Waals surface area contributed by atoms with Crippen molar-refractivity contribution in [2.75, 3.05) is 18.5 Å². The molecule has 0 aliphatic rings. The molecule has 0 aromatic heterocycles. The maximum atomic E-state index is 12.0. The SMILES string of the molecule is CC(C)c1cccc(OCC(=O)Nc2cccc(OCC(=O)O)c2)c1. The summed E-state index contributed by atoms with van der Waals surface area (Å²) in [6, 6.07) is 14.2. The number of aliphatic carboxylic acids is 1. The predicted octanol–water partition coefficient (Wildman–Crippen LogP) is 3.29. The monoisotopic (exact) mass is 343 g/mol. The number of carbonyl (C=O) groups is 2. The zero-order valence-corrected chi connectivity index (χ0v) is 14.2. The van der Waals surface area contributed by atoms with Gasteiger partial charge in [-0.3, -0.25) is 4.79 Å². The first-order valence-electron chi connectivity index (χ1n) is 7.91. The van der Waals surface area contributed by atoms with Crippen LogP contribution in [-0.2, 0) is 9.59 Å². The molecule has 2 aromatic rings. The molecule has 0 saturated heterocycles. The summed E-state index contributed by atoms with van der Waals surface area (Å²) in [6.07, 6.45) is 0. The summed E-state index contributed by atoms with van der Waals surface area (Å²) in [7, 11) is 0. The number of rotatable bonds is 8. The summed E-state index contributed by atoms with van der Waals surface area (Å²) >= 11 is 0. The first-order chi connectivity index (χ1) is 11.9. The standard InChI is InChI=1S/C19H21NO5/c1-13(2)14-5-3-7-16(9-14)24-11-18(21)20-15-6-4-8-17(10-15)25-12-19(22)23/h3-10,13H,11-12H2,1-2H3,(H,20,21)(H,22,23). The summed E-state index contributed by atoms with van der Waals surface area (Å²) in [5.41, 5.74) is 1.65. The van der Waals surface area contributed by atoms with Crippen molar-refractivity contribution >= 4 is 17.6 Å². The highest BCUT2D eigenvalue weighted by Gasteiger charge is 2.07. The second-order valence-electron chi connectivity index (χ2n) is 5.77. The molecule has 0 aliphatic carbocycles. The molecule has 1 amide bonds. The number of hydrogen-bond acceptors (Lipinski definition) is 4. The van der Waals surface area contributed by atoms with Crippen LogP contribution >= 0.6 is 0 Å². The van der Waals surface area contributed by atoms with Gasteiger partial charge in [-0.15, -0.1) is 0 Å². The Morgan fingerprint density at radius 2 is 1.64 bits per heavy atom. The molecular formula is C19H21NO5. The third-order valence-electron chi connectivity index (χ3n) is 3.37. The molecule has 25 heavy (non-hydrogen) atoms. The fraction of sp³-hybridized carbons (Fsp3) is 0.263. The van der Waals surface area contributed by atoms with E-state index >= 15 is 0 Å². The van der Waals surface area contributed by atoms with Crippen LogP contribution in [0.3, 0.4) is 0 Å². The Morgan fingerprint density at radius 1 is 1.00 bits per heavy atom. The van der Waals surface area contributed by atoms with Gasteiger partial charge < -0.3 is 19.9 Å². The normalized spacial score (nSPS) is 10.4. The zero-order valence-electron chi connectivity index (χ0n) is 14.2. The van der Waals surface area contributed by atoms with E-state index in [1.54, 1.807) is 30.3 Å². The lowest BCUT2D eigenvalue weighted by molar-refractivity contribution is -0.139. The van der Waals surface area contributed by atoms with Crippen molar-refractivity contribution in [3.05, 3.63) is 54.1 Å². The van der Waals surface area contributed by atoms with Crippen LogP contribution in [0.15, 0.2) is 48.5 Å². The third-order valence-corrected chi connectivity index (χ3v) is 3.37. The minimum absolute atomic E-state index is 0.123. The van der Waals surface area contributed by atoms with E-state index in [0.29, 0.717) is 23.1 Å². The van der Waals surface area contributed by atoms with E-state index in [4.69, 9.17) is 14.6 Å². The molecule has 2 aromatic carbocycles. The molecule has 6 heteroatoms. The van der Waals surface area contributed by atoms with Crippen LogP contribution in [0.4, 0.5) is 5.69 Å². The maximum absolute atomic E-state index is 12.0. The molecule has 0 aliphatic heterocycles. The molecule has 0 unspecified atom stereocenters. The Labute approximate surface area is 146 Å². The van der Waals surface area contributed by atoms with Crippen LogP contribution in [0.5, 0.6) is 11.5 Å². The van der Waals surface area contributed by atoms with E-state index in [9.17, 15) is 9.59 Å². The lowest BCUT2D eigenvalue weighted by Crippen LogP contribution is -2.20. The average Bonchev–Trinajstić information content (AvgIpc) is 2.59. The van der Waals surface area contributed by atoms with Gasteiger partial charge in [0.1, 0.15) is 11.5 Å². The average molecular weight is 343 g/mol.